The second-order valence-electron chi connectivity index (χ2n) is 4.98. The molecule has 0 radical (unpaired) electrons. The maximum atomic E-state index is 13.8. The third-order valence-electron chi connectivity index (χ3n) is 3.59. The fourth-order valence-electron chi connectivity index (χ4n) is 2.42. The molecule has 112 valence electrons. The zero-order valence-corrected chi connectivity index (χ0v) is 11.9. The summed E-state index contributed by atoms with van der Waals surface area (Å²) in [6.45, 7) is 0. The monoisotopic (exact) mass is 293 g/mol. The van der Waals surface area contributed by atoms with Gasteiger partial charge in [0, 0.05) is 11.6 Å². The molecule has 0 bridgehead atoms. The van der Waals surface area contributed by atoms with E-state index in [1.54, 1.807) is 7.05 Å². The van der Waals surface area contributed by atoms with Gasteiger partial charge in [-0.25, -0.2) is 13.2 Å². The van der Waals surface area contributed by atoms with Crippen molar-refractivity contribution < 1.29 is 13.2 Å². The van der Waals surface area contributed by atoms with Crippen LogP contribution in [-0.2, 0) is 6.42 Å². The summed E-state index contributed by atoms with van der Waals surface area (Å²) in [5.74, 6) is -3.67. The zero-order chi connectivity index (χ0) is 15.2. The molecule has 2 aromatic rings. The topological polar surface area (TPSA) is 12.0 Å². The first-order chi connectivity index (χ1) is 10.1. The number of aryl methyl sites for hydroxylation is 1. The molecule has 0 heterocycles. The molecule has 0 aliphatic carbocycles. The van der Waals surface area contributed by atoms with Gasteiger partial charge in [-0.2, -0.15) is 0 Å². The third kappa shape index (κ3) is 3.85. The van der Waals surface area contributed by atoms with Crippen molar-refractivity contribution >= 4 is 0 Å². The van der Waals surface area contributed by atoms with Crippen LogP contribution in [0.2, 0.25) is 0 Å². The number of hydrogen-bond donors (Lipinski definition) is 1. The van der Waals surface area contributed by atoms with Gasteiger partial charge in [0.05, 0.1) is 0 Å². The van der Waals surface area contributed by atoms with Crippen molar-refractivity contribution in [3.63, 3.8) is 0 Å². The van der Waals surface area contributed by atoms with Crippen LogP contribution in [0.15, 0.2) is 42.5 Å². The second-order valence-corrected chi connectivity index (χ2v) is 4.98. The van der Waals surface area contributed by atoms with Gasteiger partial charge in [-0.05, 0) is 37.9 Å². The molecule has 0 aliphatic heterocycles. The maximum absolute atomic E-state index is 13.8. The SMILES string of the molecule is CNC(CCCc1ccccc1)c1ccc(F)c(F)c1F. The number of rotatable bonds is 6. The average Bonchev–Trinajstić information content (AvgIpc) is 2.51. The first kappa shape index (κ1) is 15.6. The molecule has 0 saturated heterocycles. The molecule has 0 saturated carbocycles. The molecule has 1 nitrogen and oxygen atoms in total. The van der Waals surface area contributed by atoms with E-state index >= 15 is 0 Å². The van der Waals surface area contributed by atoms with E-state index < -0.39 is 17.5 Å². The summed E-state index contributed by atoms with van der Waals surface area (Å²) in [4.78, 5) is 0. The predicted octanol–water partition coefficient (Wildman–Crippen LogP) is 4.39. The highest BCUT2D eigenvalue weighted by Gasteiger charge is 2.19. The van der Waals surface area contributed by atoms with Crippen molar-refractivity contribution in [3.8, 4) is 0 Å². The normalized spacial score (nSPS) is 12.4. The van der Waals surface area contributed by atoms with Gasteiger partial charge >= 0.3 is 0 Å². The molecular formula is C17H18F3N. The molecule has 0 fully saturated rings. The Morgan fingerprint density at radius 1 is 0.952 bits per heavy atom. The Morgan fingerprint density at radius 3 is 2.33 bits per heavy atom. The van der Waals surface area contributed by atoms with Crippen LogP contribution < -0.4 is 5.32 Å². The fraction of sp³-hybridized carbons (Fsp3) is 0.294. The van der Waals surface area contributed by atoms with E-state index in [9.17, 15) is 13.2 Å². The Balaban J connectivity index is 2.02. The minimum Gasteiger partial charge on any atom is -0.313 e. The summed E-state index contributed by atoms with van der Waals surface area (Å²) >= 11 is 0. The molecule has 2 aromatic carbocycles. The van der Waals surface area contributed by atoms with Crippen molar-refractivity contribution in [1.82, 2.24) is 5.32 Å². The van der Waals surface area contributed by atoms with E-state index in [2.05, 4.69) is 5.32 Å². The van der Waals surface area contributed by atoms with E-state index in [-0.39, 0.29) is 11.6 Å². The summed E-state index contributed by atoms with van der Waals surface area (Å²) in [7, 11) is 1.69. The highest BCUT2D eigenvalue weighted by atomic mass is 19.2. The predicted molar refractivity (Wildman–Crippen MR) is 77.5 cm³/mol. The third-order valence-corrected chi connectivity index (χ3v) is 3.59. The molecular weight excluding hydrogens is 275 g/mol. The van der Waals surface area contributed by atoms with Gasteiger partial charge in [0.2, 0.25) is 0 Å². The van der Waals surface area contributed by atoms with Gasteiger partial charge in [0.15, 0.2) is 17.5 Å². The highest BCUT2D eigenvalue weighted by Crippen LogP contribution is 2.25. The van der Waals surface area contributed by atoms with Crippen molar-refractivity contribution in [1.29, 1.82) is 0 Å². The van der Waals surface area contributed by atoms with E-state index in [1.807, 2.05) is 30.3 Å². The maximum Gasteiger partial charge on any atom is 0.194 e. The summed E-state index contributed by atoms with van der Waals surface area (Å²) in [5, 5.41) is 2.96. The number of halogens is 3. The Morgan fingerprint density at radius 2 is 1.67 bits per heavy atom. The van der Waals surface area contributed by atoms with Gasteiger partial charge in [-0.3, -0.25) is 0 Å². The van der Waals surface area contributed by atoms with Gasteiger partial charge in [0.25, 0.3) is 0 Å². The van der Waals surface area contributed by atoms with Crippen molar-refractivity contribution in [2.45, 2.75) is 25.3 Å². The summed E-state index contributed by atoms with van der Waals surface area (Å²) < 4.78 is 40.1. The Hall–Kier alpha value is -1.81. The van der Waals surface area contributed by atoms with Crippen LogP contribution >= 0.6 is 0 Å². The minimum atomic E-state index is -1.41. The molecule has 2 rings (SSSR count). The van der Waals surface area contributed by atoms with Gasteiger partial charge in [-0.1, -0.05) is 36.4 Å². The molecule has 1 unspecified atom stereocenters. The molecule has 0 aliphatic rings. The van der Waals surface area contributed by atoms with E-state index in [0.717, 1.165) is 18.9 Å². The molecule has 1 atom stereocenters. The average molecular weight is 293 g/mol. The molecule has 1 N–H and O–H groups in total. The van der Waals surface area contributed by atoms with Crippen molar-refractivity contribution in [2.75, 3.05) is 7.05 Å². The van der Waals surface area contributed by atoms with Gasteiger partial charge in [-0.15, -0.1) is 0 Å². The van der Waals surface area contributed by atoms with Crippen LogP contribution in [0.5, 0.6) is 0 Å². The largest absolute Gasteiger partial charge is 0.313 e. The Kier molecular flexibility index (Phi) is 5.39. The molecule has 0 amide bonds. The van der Waals surface area contributed by atoms with Crippen LogP contribution in [0.1, 0.15) is 30.0 Å². The quantitative estimate of drug-likeness (QED) is 0.779. The van der Waals surface area contributed by atoms with E-state index in [4.69, 9.17) is 0 Å². The number of hydrogen-bond acceptors (Lipinski definition) is 1. The van der Waals surface area contributed by atoms with Gasteiger partial charge < -0.3 is 5.32 Å². The lowest BCUT2D eigenvalue weighted by molar-refractivity contribution is 0.422. The van der Waals surface area contributed by atoms with Crippen LogP contribution in [0, 0.1) is 17.5 Å². The standard InChI is InChI=1S/C17H18F3N/c1-21-15(9-5-8-12-6-3-2-4-7-12)13-10-11-14(18)17(20)16(13)19/h2-4,6-7,10-11,15,21H,5,8-9H2,1H3. The number of benzene rings is 2. The second kappa shape index (κ2) is 7.27. The smallest absolute Gasteiger partial charge is 0.194 e. The Labute approximate surface area is 122 Å². The Bertz CT molecular complexity index is 584. The zero-order valence-electron chi connectivity index (χ0n) is 11.9. The van der Waals surface area contributed by atoms with Crippen molar-refractivity contribution in [3.05, 3.63) is 71.0 Å². The molecule has 0 spiro atoms. The summed E-state index contributed by atoms with van der Waals surface area (Å²) in [6, 6.07) is 11.9. The number of nitrogens with one attached hydrogen (secondary N) is 1. The summed E-state index contributed by atoms with van der Waals surface area (Å²) in [5.41, 5.74) is 1.38. The van der Waals surface area contributed by atoms with Crippen molar-refractivity contribution in [2.24, 2.45) is 0 Å². The lowest BCUT2D eigenvalue weighted by atomic mass is 9.98. The van der Waals surface area contributed by atoms with Crippen LogP contribution in [0.4, 0.5) is 13.2 Å². The first-order valence-electron chi connectivity index (χ1n) is 6.98. The van der Waals surface area contributed by atoms with Crippen LogP contribution in [-0.4, -0.2) is 7.05 Å². The highest BCUT2D eigenvalue weighted by molar-refractivity contribution is 5.23. The molecule has 0 aromatic heterocycles. The lowest BCUT2D eigenvalue weighted by Crippen LogP contribution is -2.18. The lowest BCUT2D eigenvalue weighted by Gasteiger charge is -2.17. The van der Waals surface area contributed by atoms with E-state index in [1.165, 1.54) is 11.6 Å². The molecule has 4 heteroatoms. The minimum absolute atomic E-state index is 0.171. The summed E-state index contributed by atoms with van der Waals surface area (Å²) in [6.07, 6.45) is 2.34. The van der Waals surface area contributed by atoms with Crippen LogP contribution in [0.25, 0.3) is 0 Å². The molecule has 21 heavy (non-hydrogen) atoms. The van der Waals surface area contributed by atoms with E-state index in [0.29, 0.717) is 6.42 Å². The van der Waals surface area contributed by atoms with Crippen LogP contribution in [0.3, 0.4) is 0 Å². The fourth-order valence-corrected chi connectivity index (χ4v) is 2.42. The first-order valence-corrected chi connectivity index (χ1v) is 6.98. The van der Waals surface area contributed by atoms with Gasteiger partial charge in [0.1, 0.15) is 0 Å².